The number of ether oxygens (including phenoxy) is 1. The number of hydrogen-bond donors (Lipinski definition) is 1. The Hall–Kier alpha value is -0.930. The third-order valence-corrected chi connectivity index (χ3v) is 3.58. The number of benzene rings is 1. The van der Waals surface area contributed by atoms with Gasteiger partial charge in [-0.2, -0.15) is 0 Å². The molecular formula is C13H18FNO. The van der Waals surface area contributed by atoms with Crippen molar-refractivity contribution in [3.8, 4) is 0 Å². The maximum atomic E-state index is 13.2. The summed E-state index contributed by atoms with van der Waals surface area (Å²) in [5.74, 6) is -0.198. The Morgan fingerprint density at radius 2 is 2.31 bits per heavy atom. The Labute approximate surface area is 95.6 Å². The monoisotopic (exact) mass is 223 g/mol. The van der Waals surface area contributed by atoms with E-state index in [1.807, 2.05) is 13.8 Å². The zero-order chi connectivity index (χ0) is 11.8. The van der Waals surface area contributed by atoms with Crippen molar-refractivity contribution in [2.24, 2.45) is 5.73 Å². The number of hydrogen-bond acceptors (Lipinski definition) is 2. The van der Waals surface area contributed by atoms with Crippen LogP contribution in [0.3, 0.4) is 0 Å². The highest BCUT2D eigenvalue weighted by Crippen LogP contribution is 2.28. The van der Waals surface area contributed by atoms with Gasteiger partial charge in [-0.1, -0.05) is 6.07 Å². The molecule has 1 aliphatic heterocycles. The van der Waals surface area contributed by atoms with Gasteiger partial charge in [0, 0.05) is 12.1 Å². The molecule has 1 aromatic carbocycles. The van der Waals surface area contributed by atoms with E-state index in [0.717, 1.165) is 17.5 Å². The molecule has 0 saturated carbocycles. The van der Waals surface area contributed by atoms with Crippen LogP contribution < -0.4 is 5.73 Å². The van der Waals surface area contributed by atoms with E-state index < -0.39 is 0 Å². The zero-order valence-electron chi connectivity index (χ0n) is 9.79. The second kappa shape index (κ2) is 4.15. The third kappa shape index (κ3) is 2.11. The summed E-state index contributed by atoms with van der Waals surface area (Å²) in [5.41, 5.74) is 8.03. The highest BCUT2D eigenvalue weighted by molar-refractivity contribution is 5.29. The molecule has 1 heterocycles. The molecule has 2 N–H and O–H groups in total. The van der Waals surface area contributed by atoms with E-state index in [0.29, 0.717) is 13.0 Å². The molecule has 88 valence electrons. The molecule has 16 heavy (non-hydrogen) atoms. The molecule has 0 bridgehead atoms. The van der Waals surface area contributed by atoms with Crippen molar-refractivity contribution in [2.75, 3.05) is 6.61 Å². The average Bonchev–Trinajstić information content (AvgIpc) is 2.53. The van der Waals surface area contributed by atoms with E-state index in [1.165, 1.54) is 6.07 Å². The largest absolute Gasteiger partial charge is 0.377 e. The SMILES string of the molecule is Cc1ccc(F)cc1CC1(N)CCOC1C. The van der Waals surface area contributed by atoms with Gasteiger partial charge >= 0.3 is 0 Å². The molecule has 1 fully saturated rings. The lowest BCUT2D eigenvalue weighted by atomic mass is 9.85. The van der Waals surface area contributed by atoms with Gasteiger partial charge in [-0.25, -0.2) is 4.39 Å². The van der Waals surface area contributed by atoms with E-state index in [9.17, 15) is 4.39 Å². The van der Waals surface area contributed by atoms with E-state index in [2.05, 4.69) is 0 Å². The van der Waals surface area contributed by atoms with Crippen LogP contribution in [0, 0.1) is 12.7 Å². The minimum absolute atomic E-state index is 0.0372. The lowest BCUT2D eigenvalue weighted by Gasteiger charge is -2.28. The Balaban J connectivity index is 2.23. The van der Waals surface area contributed by atoms with Crippen molar-refractivity contribution in [3.63, 3.8) is 0 Å². The summed E-state index contributed by atoms with van der Waals surface area (Å²) >= 11 is 0. The van der Waals surface area contributed by atoms with E-state index in [-0.39, 0.29) is 17.5 Å². The van der Waals surface area contributed by atoms with Gasteiger partial charge in [0.05, 0.1) is 6.10 Å². The summed E-state index contributed by atoms with van der Waals surface area (Å²) in [6.45, 7) is 4.67. The van der Waals surface area contributed by atoms with Crippen LogP contribution in [0.25, 0.3) is 0 Å². The molecule has 2 atom stereocenters. The van der Waals surface area contributed by atoms with Crippen LogP contribution in [0.5, 0.6) is 0 Å². The lowest BCUT2D eigenvalue weighted by Crippen LogP contribution is -2.48. The van der Waals surface area contributed by atoms with Crippen molar-refractivity contribution < 1.29 is 9.13 Å². The zero-order valence-corrected chi connectivity index (χ0v) is 9.79. The number of rotatable bonds is 2. The smallest absolute Gasteiger partial charge is 0.123 e. The maximum absolute atomic E-state index is 13.2. The average molecular weight is 223 g/mol. The highest BCUT2D eigenvalue weighted by Gasteiger charge is 2.37. The predicted octanol–water partition coefficient (Wildman–Crippen LogP) is 2.18. The summed E-state index contributed by atoms with van der Waals surface area (Å²) < 4.78 is 18.7. The quantitative estimate of drug-likeness (QED) is 0.834. The molecular weight excluding hydrogens is 205 g/mol. The van der Waals surface area contributed by atoms with Crippen LogP contribution in [-0.4, -0.2) is 18.2 Å². The summed E-state index contributed by atoms with van der Waals surface area (Å²) in [7, 11) is 0. The van der Waals surface area contributed by atoms with Gasteiger partial charge in [-0.05, 0) is 49.9 Å². The second-order valence-electron chi connectivity index (χ2n) is 4.74. The molecule has 2 nitrogen and oxygen atoms in total. The third-order valence-electron chi connectivity index (χ3n) is 3.58. The first-order valence-electron chi connectivity index (χ1n) is 5.67. The van der Waals surface area contributed by atoms with E-state index in [1.54, 1.807) is 12.1 Å². The highest BCUT2D eigenvalue weighted by atomic mass is 19.1. The first kappa shape index (κ1) is 11.6. The molecule has 0 amide bonds. The van der Waals surface area contributed by atoms with Gasteiger partial charge in [0.1, 0.15) is 5.82 Å². The fourth-order valence-corrected chi connectivity index (χ4v) is 2.21. The Morgan fingerprint density at radius 3 is 2.94 bits per heavy atom. The summed E-state index contributed by atoms with van der Waals surface area (Å²) in [4.78, 5) is 0. The minimum Gasteiger partial charge on any atom is -0.377 e. The van der Waals surface area contributed by atoms with Crippen molar-refractivity contribution in [1.82, 2.24) is 0 Å². The summed E-state index contributed by atoms with van der Waals surface area (Å²) in [6, 6.07) is 4.86. The summed E-state index contributed by atoms with van der Waals surface area (Å²) in [5, 5.41) is 0. The van der Waals surface area contributed by atoms with Crippen LogP contribution in [0.4, 0.5) is 4.39 Å². The summed E-state index contributed by atoms with van der Waals surface area (Å²) in [6.07, 6.45) is 1.55. The van der Waals surface area contributed by atoms with Crippen molar-refractivity contribution >= 4 is 0 Å². The standard InChI is InChI=1S/C13H18FNO/c1-9-3-4-12(14)7-11(9)8-13(15)5-6-16-10(13)2/h3-4,7,10H,5-6,8,15H2,1-2H3. The van der Waals surface area contributed by atoms with Crippen molar-refractivity contribution in [1.29, 1.82) is 0 Å². The molecule has 0 aromatic heterocycles. The van der Waals surface area contributed by atoms with Crippen molar-refractivity contribution in [2.45, 2.75) is 38.3 Å². The van der Waals surface area contributed by atoms with Crippen molar-refractivity contribution in [3.05, 3.63) is 35.1 Å². The van der Waals surface area contributed by atoms with Crippen LogP contribution >= 0.6 is 0 Å². The normalized spacial score (nSPS) is 29.6. The van der Waals surface area contributed by atoms with Crippen LogP contribution in [0.1, 0.15) is 24.5 Å². The maximum Gasteiger partial charge on any atom is 0.123 e. The van der Waals surface area contributed by atoms with Crippen LogP contribution in [0.2, 0.25) is 0 Å². The molecule has 2 unspecified atom stereocenters. The first-order chi connectivity index (χ1) is 7.51. The van der Waals surface area contributed by atoms with Gasteiger partial charge in [-0.3, -0.25) is 0 Å². The molecule has 1 aliphatic rings. The number of nitrogens with two attached hydrogens (primary N) is 1. The lowest BCUT2D eigenvalue weighted by molar-refractivity contribution is 0.0954. The van der Waals surface area contributed by atoms with Gasteiger partial charge in [-0.15, -0.1) is 0 Å². The fourth-order valence-electron chi connectivity index (χ4n) is 2.21. The number of aryl methyl sites for hydroxylation is 1. The second-order valence-corrected chi connectivity index (χ2v) is 4.74. The first-order valence-corrected chi connectivity index (χ1v) is 5.67. The van der Waals surface area contributed by atoms with E-state index >= 15 is 0 Å². The molecule has 0 spiro atoms. The van der Waals surface area contributed by atoms with Gasteiger partial charge in [0.2, 0.25) is 0 Å². The van der Waals surface area contributed by atoms with Crippen LogP contribution in [-0.2, 0) is 11.2 Å². The molecule has 3 heteroatoms. The molecule has 1 saturated heterocycles. The van der Waals surface area contributed by atoms with Gasteiger partial charge in [0.15, 0.2) is 0 Å². The Morgan fingerprint density at radius 1 is 1.56 bits per heavy atom. The predicted molar refractivity (Wildman–Crippen MR) is 61.8 cm³/mol. The minimum atomic E-state index is -0.349. The van der Waals surface area contributed by atoms with E-state index in [4.69, 9.17) is 10.5 Å². The molecule has 1 aromatic rings. The van der Waals surface area contributed by atoms with Crippen LogP contribution in [0.15, 0.2) is 18.2 Å². The molecule has 0 radical (unpaired) electrons. The topological polar surface area (TPSA) is 35.2 Å². The Kier molecular flexibility index (Phi) is 3.00. The number of halogens is 1. The Bertz CT molecular complexity index is 394. The molecule has 2 rings (SSSR count). The fraction of sp³-hybridized carbons (Fsp3) is 0.538. The molecule has 0 aliphatic carbocycles. The van der Waals surface area contributed by atoms with Gasteiger partial charge in [0.25, 0.3) is 0 Å². The van der Waals surface area contributed by atoms with Gasteiger partial charge < -0.3 is 10.5 Å².